The van der Waals surface area contributed by atoms with E-state index in [-0.39, 0.29) is 6.04 Å². The summed E-state index contributed by atoms with van der Waals surface area (Å²) < 4.78 is 0. The lowest BCUT2D eigenvalue weighted by Gasteiger charge is -2.28. The van der Waals surface area contributed by atoms with E-state index < -0.39 is 0 Å². The van der Waals surface area contributed by atoms with E-state index in [2.05, 4.69) is 35.9 Å². The van der Waals surface area contributed by atoms with Crippen LogP contribution in [0.15, 0.2) is 0 Å². The molecule has 1 saturated carbocycles. The highest BCUT2D eigenvalue weighted by molar-refractivity contribution is 5.82. The molecule has 0 aromatic carbocycles. The highest BCUT2D eigenvalue weighted by Crippen LogP contribution is 2.38. The average molecular weight is 295 g/mol. The Kier molecular flexibility index (Phi) is 6.49. The van der Waals surface area contributed by atoms with Crippen LogP contribution in [0.2, 0.25) is 0 Å². The number of carbonyl (C=O) groups is 1. The number of nitrogens with zero attached hydrogens (tertiary/aromatic N) is 2. The lowest BCUT2D eigenvalue weighted by atomic mass is 9.93. The maximum Gasteiger partial charge on any atom is 0.239 e. The Labute approximate surface area is 130 Å². The van der Waals surface area contributed by atoms with Crippen LogP contribution in [0, 0.1) is 11.8 Å². The van der Waals surface area contributed by atoms with E-state index in [0.717, 1.165) is 51.6 Å². The molecule has 2 fully saturated rings. The summed E-state index contributed by atoms with van der Waals surface area (Å²) in [7, 11) is 0. The molecule has 0 aromatic heterocycles. The monoisotopic (exact) mass is 295 g/mol. The van der Waals surface area contributed by atoms with Gasteiger partial charge in [0.15, 0.2) is 0 Å². The van der Waals surface area contributed by atoms with Gasteiger partial charge in [0.25, 0.3) is 0 Å². The van der Waals surface area contributed by atoms with E-state index >= 15 is 0 Å². The third kappa shape index (κ3) is 3.98. The molecule has 1 aliphatic heterocycles. The molecule has 2 rings (SSSR count). The minimum absolute atomic E-state index is 0.103. The fourth-order valence-corrected chi connectivity index (χ4v) is 4.10. The van der Waals surface area contributed by atoms with Gasteiger partial charge in [0.1, 0.15) is 0 Å². The van der Waals surface area contributed by atoms with E-state index in [1.165, 1.54) is 19.3 Å². The maximum atomic E-state index is 12.8. The SMILES string of the molecule is CCN(CC)CCCN(CC)C(=O)C1NCC2CCCC21. The molecule has 0 bridgehead atoms. The minimum atomic E-state index is 0.103. The molecule has 1 amide bonds. The number of carbonyl (C=O) groups excluding carboxylic acids is 1. The number of nitrogens with one attached hydrogen (secondary N) is 1. The van der Waals surface area contributed by atoms with E-state index in [1.54, 1.807) is 0 Å². The number of likely N-dealkylation sites (N-methyl/N-ethyl adjacent to an activating group) is 1. The van der Waals surface area contributed by atoms with Gasteiger partial charge >= 0.3 is 0 Å². The predicted octanol–water partition coefficient (Wildman–Crippen LogP) is 1.95. The molecule has 3 unspecified atom stereocenters. The number of amides is 1. The van der Waals surface area contributed by atoms with Crippen LogP contribution in [-0.2, 0) is 4.79 Å². The maximum absolute atomic E-state index is 12.8. The summed E-state index contributed by atoms with van der Waals surface area (Å²) >= 11 is 0. The number of fused-ring (bicyclic) bond motifs is 1. The first-order chi connectivity index (χ1) is 10.2. The van der Waals surface area contributed by atoms with Crippen molar-refractivity contribution in [3.05, 3.63) is 0 Å². The van der Waals surface area contributed by atoms with Gasteiger partial charge in [0.05, 0.1) is 6.04 Å². The van der Waals surface area contributed by atoms with Crippen molar-refractivity contribution in [1.29, 1.82) is 0 Å². The summed E-state index contributed by atoms with van der Waals surface area (Å²) in [4.78, 5) is 17.3. The van der Waals surface area contributed by atoms with Gasteiger partial charge in [-0.1, -0.05) is 20.3 Å². The largest absolute Gasteiger partial charge is 0.342 e. The van der Waals surface area contributed by atoms with E-state index in [9.17, 15) is 4.79 Å². The van der Waals surface area contributed by atoms with Gasteiger partial charge in [-0.15, -0.1) is 0 Å². The first-order valence-electron chi connectivity index (χ1n) is 8.95. The molecule has 1 N–H and O–H groups in total. The Morgan fingerprint density at radius 3 is 2.52 bits per heavy atom. The zero-order chi connectivity index (χ0) is 15.2. The van der Waals surface area contributed by atoms with Crippen molar-refractivity contribution >= 4 is 5.91 Å². The standard InChI is InChI=1S/C17H33N3O/c1-4-19(5-2)11-8-12-20(6-3)17(21)16-15-10-7-9-14(15)13-18-16/h14-16,18H,4-13H2,1-3H3. The van der Waals surface area contributed by atoms with Gasteiger partial charge in [0.2, 0.25) is 5.91 Å². The van der Waals surface area contributed by atoms with Gasteiger partial charge in [-0.25, -0.2) is 0 Å². The molecule has 2 aliphatic rings. The number of rotatable bonds is 8. The molecule has 3 atom stereocenters. The Bertz CT molecular complexity index is 330. The fraction of sp³-hybridized carbons (Fsp3) is 0.941. The second kappa shape index (κ2) is 8.14. The van der Waals surface area contributed by atoms with Crippen molar-refractivity contribution in [1.82, 2.24) is 15.1 Å². The molecular formula is C17H33N3O. The second-order valence-corrected chi connectivity index (χ2v) is 6.54. The quantitative estimate of drug-likeness (QED) is 0.743. The molecule has 122 valence electrons. The van der Waals surface area contributed by atoms with Crippen LogP contribution < -0.4 is 5.32 Å². The molecule has 1 heterocycles. The Morgan fingerprint density at radius 2 is 1.86 bits per heavy atom. The minimum Gasteiger partial charge on any atom is -0.342 e. The summed E-state index contributed by atoms with van der Waals surface area (Å²) in [5, 5.41) is 3.49. The Morgan fingerprint density at radius 1 is 1.10 bits per heavy atom. The third-order valence-electron chi connectivity index (χ3n) is 5.50. The third-order valence-corrected chi connectivity index (χ3v) is 5.50. The first-order valence-corrected chi connectivity index (χ1v) is 8.95. The molecular weight excluding hydrogens is 262 g/mol. The highest BCUT2D eigenvalue weighted by Gasteiger charge is 2.43. The summed E-state index contributed by atoms with van der Waals surface area (Å²) in [5.41, 5.74) is 0. The van der Waals surface area contributed by atoms with Gasteiger partial charge in [-0.05, 0) is 64.2 Å². The van der Waals surface area contributed by atoms with Crippen LogP contribution in [0.1, 0.15) is 46.5 Å². The van der Waals surface area contributed by atoms with Gasteiger partial charge in [-0.2, -0.15) is 0 Å². The van der Waals surface area contributed by atoms with Crippen LogP contribution in [0.4, 0.5) is 0 Å². The molecule has 0 spiro atoms. The van der Waals surface area contributed by atoms with Crippen LogP contribution in [0.5, 0.6) is 0 Å². The molecule has 21 heavy (non-hydrogen) atoms. The second-order valence-electron chi connectivity index (χ2n) is 6.54. The van der Waals surface area contributed by atoms with Gasteiger partial charge in [0, 0.05) is 13.1 Å². The van der Waals surface area contributed by atoms with Crippen molar-refractivity contribution < 1.29 is 4.79 Å². The lowest BCUT2D eigenvalue weighted by Crippen LogP contribution is -2.47. The van der Waals surface area contributed by atoms with Crippen molar-refractivity contribution in [2.24, 2.45) is 11.8 Å². The smallest absolute Gasteiger partial charge is 0.239 e. The van der Waals surface area contributed by atoms with Crippen LogP contribution in [-0.4, -0.2) is 61.0 Å². The zero-order valence-corrected chi connectivity index (χ0v) is 14.1. The van der Waals surface area contributed by atoms with Crippen molar-refractivity contribution in [2.75, 3.05) is 39.3 Å². The van der Waals surface area contributed by atoms with Crippen molar-refractivity contribution in [3.8, 4) is 0 Å². The normalized spacial score (nSPS) is 28.1. The van der Waals surface area contributed by atoms with Gasteiger partial charge in [-0.3, -0.25) is 4.79 Å². The topological polar surface area (TPSA) is 35.6 Å². The van der Waals surface area contributed by atoms with E-state index in [1.807, 2.05) is 0 Å². The molecule has 4 nitrogen and oxygen atoms in total. The Hall–Kier alpha value is -0.610. The number of hydrogen-bond acceptors (Lipinski definition) is 3. The van der Waals surface area contributed by atoms with E-state index in [0.29, 0.717) is 11.8 Å². The highest BCUT2D eigenvalue weighted by atomic mass is 16.2. The molecule has 1 saturated heterocycles. The van der Waals surface area contributed by atoms with Gasteiger partial charge < -0.3 is 15.1 Å². The van der Waals surface area contributed by atoms with Crippen LogP contribution in [0.25, 0.3) is 0 Å². The van der Waals surface area contributed by atoms with Crippen LogP contribution in [0.3, 0.4) is 0 Å². The number of hydrogen-bond donors (Lipinski definition) is 1. The molecule has 4 heteroatoms. The van der Waals surface area contributed by atoms with Crippen molar-refractivity contribution in [3.63, 3.8) is 0 Å². The fourth-order valence-electron chi connectivity index (χ4n) is 4.10. The van der Waals surface area contributed by atoms with Crippen LogP contribution >= 0.6 is 0 Å². The summed E-state index contributed by atoms with van der Waals surface area (Å²) in [6.45, 7) is 12.6. The summed E-state index contributed by atoms with van der Waals surface area (Å²) in [6.07, 6.45) is 4.96. The zero-order valence-electron chi connectivity index (χ0n) is 14.1. The first kappa shape index (κ1) is 16.8. The molecule has 1 aliphatic carbocycles. The lowest BCUT2D eigenvalue weighted by molar-refractivity contribution is -0.134. The summed E-state index contributed by atoms with van der Waals surface area (Å²) in [5.74, 6) is 1.72. The van der Waals surface area contributed by atoms with Crippen molar-refractivity contribution in [2.45, 2.75) is 52.5 Å². The molecule has 0 aromatic rings. The summed E-state index contributed by atoms with van der Waals surface area (Å²) in [6, 6.07) is 0.103. The predicted molar refractivity (Wildman–Crippen MR) is 87.3 cm³/mol. The molecule has 0 radical (unpaired) electrons. The van der Waals surface area contributed by atoms with E-state index in [4.69, 9.17) is 0 Å². The Balaban J connectivity index is 1.81. The average Bonchev–Trinajstić information content (AvgIpc) is 3.10.